The number of hydrogen-bond donors (Lipinski definition) is 1. The molecule has 0 saturated carbocycles. The SMILES string of the molecule is CC.CC(=O)COCCOCCOCCOCCNC(=O)c1ccc(C(C)n2cc(C)cn2)cc1. The summed E-state index contributed by atoms with van der Waals surface area (Å²) in [6.45, 7) is 13.1. The summed E-state index contributed by atoms with van der Waals surface area (Å²) in [7, 11) is 0. The Morgan fingerprint density at radius 2 is 1.46 bits per heavy atom. The molecule has 0 aliphatic rings. The van der Waals surface area contributed by atoms with Gasteiger partial charge in [0, 0.05) is 18.3 Å². The zero-order valence-corrected chi connectivity index (χ0v) is 21.7. The largest absolute Gasteiger partial charge is 0.377 e. The summed E-state index contributed by atoms with van der Waals surface area (Å²) in [6.07, 6.45) is 3.83. The molecule has 0 radical (unpaired) electrons. The lowest BCUT2D eigenvalue weighted by Crippen LogP contribution is -2.27. The van der Waals surface area contributed by atoms with Crippen LogP contribution in [0.1, 0.15) is 55.2 Å². The standard InChI is InChI=1S/C24H35N3O6.C2H6/c1-19-16-26-27(17-19)21(3)22-4-6-23(7-5-22)24(29)25-8-9-30-10-11-31-12-13-32-14-15-33-18-20(2)28;1-2/h4-7,16-17,21H,8-15,18H2,1-3H3,(H,25,29);1-2H3. The second kappa shape index (κ2) is 18.7. The van der Waals surface area contributed by atoms with Crippen molar-refractivity contribution in [1.82, 2.24) is 15.1 Å². The van der Waals surface area contributed by atoms with Gasteiger partial charge in [0.25, 0.3) is 5.91 Å². The molecule has 0 aliphatic heterocycles. The molecule has 1 N–H and O–H groups in total. The zero-order valence-electron chi connectivity index (χ0n) is 21.7. The number of aromatic nitrogens is 2. The summed E-state index contributed by atoms with van der Waals surface area (Å²) < 4.78 is 23.2. The summed E-state index contributed by atoms with van der Waals surface area (Å²) in [5.74, 6) is -0.132. The van der Waals surface area contributed by atoms with Gasteiger partial charge in [-0.25, -0.2) is 0 Å². The highest BCUT2D eigenvalue weighted by molar-refractivity contribution is 5.94. The van der Waals surface area contributed by atoms with Gasteiger partial charge in [-0.2, -0.15) is 5.10 Å². The number of amides is 1. The number of nitrogens with zero attached hydrogens (tertiary/aromatic N) is 2. The van der Waals surface area contributed by atoms with Gasteiger partial charge in [-0.15, -0.1) is 0 Å². The molecule has 0 spiro atoms. The molecule has 1 unspecified atom stereocenters. The molecule has 0 aliphatic carbocycles. The van der Waals surface area contributed by atoms with Crippen molar-refractivity contribution in [1.29, 1.82) is 0 Å². The smallest absolute Gasteiger partial charge is 0.251 e. The predicted octanol–water partition coefficient (Wildman–Crippen LogP) is 3.21. The monoisotopic (exact) mass is 491 g/mol. The van der Waals surface area contributed by atoms with E-state index in [4.69, 9.17) is 18.9 Å². The van der Waals surface area contributed by atoms with Crippen molar-refractivity contribution >= 4 is 11.7 Å². The molecule has 1 aromatic heterocycles. The van der Waals surface area contributed by atoms with E-state index in [2.05, 4.69) is 17.3 Å². The van der Waals surface area contributed by atoms with Crippen molar-refractivity contribution in [2.24, 2.45) is 0 Å². The topological polar surface area (TPSA) is 101 Å². The average Bonchev–Trinajstić information content (AvgIpc) is 3.31. The Balaban J connectivity index is 0.00000298. The van der Waals surface area contributed by atoms with E-state index in [-0.39, 0.29) is 24.3 Å². The molecule has 1 aromatic carbocycles. The predicted molar refractivity (Wildman–Crippen MR) is 135 cm³/mol. The first-order chi connectivity index (χ1) is 17.0. The van der Waals surface area contributed by atoms with Crippen molar-refractivity contribution in [3.05, 3.63) is 53.3 Å². The lowest BCUT2D eigenvalue weighted by molar-refractivity contribution is -0.122. The van der Waals surface area contributed by atoms with Crippen LogP contribution < -0.4 is 5.32 Å². The summed E-state index contributed by atoms with van der Waals surface area (Å²) >= 11 is 0. The number of carbonyl (C=O) groups excluding carboxylic acids is 2. The maximum atomic E-state index is 12.3. The third kappa shape index (κ3) is 13.2. The van der Waals surface area contributed by atoms with Crippen LogP contribution in [-0.4, -0.2) is 80.9 Å². The summed E-state index contributed by atoms with van der Waals surface area (Å²) in [6, 6.07) is 7.65. The fourth-order valence-corrected chi connectivity index (χ4v) is 2.93. The molecule has 0 fully saturated rings. The number of nitrogens with one attached hydrogen (secondary N) is 1. The van der Waals surface area contributed by atoms with Gasteiger partial charge < -0.3 is 24.3 Å². The number of carbonyl (C=O) groups is 2. The Morgan fingerprint density at radius 3 is 1.97 bits per heavy atom. The number of benzene rings is 1. The number of rotatable bonds is 17. The molecule has 35 heavy (non-hydrogen) atoms. The normalized spacial score (nSPS) is 11.5. The molecule has 0 bridgehead atoms. The Morgan fingerprint density at radius 1 is 0.914 bits per heavy atom. The second-order valence-electron chi connectivity index (χ2n) is 7.64. The average molecular weight is 492 g/mol. The second-order valence-corrected chi connectivity index (χ2v) is 7.64. The van der Waals surface area contributed by atoms with Crippen molar-refractivity contribution in [3.63, 3.8) is 0 Å². The van der Waals surface area contributed by atoms with Crippen molar-refractivity contribution in [2.75, 3.05) is 59.4 Å². The Labute approximate surface area is 209 Å². The molecular weight excluding hydrogens is 450 g/mol. The van der Waals surface area contributed by atoms with Gasteiger partial charge in [0.1, 0.15) is 6.61 Å². The van der Waals surface area contributed by atoms with Gasteiger partial charge in [-0.1, -0.05) is 26.0 Å². The summed E-state index contributed by atoms with van der Waals surface area (Å²) in [5.41, 5.74) is 2.81. The van der Waals surface area contributed by atoms with E-state index in [0.29, 0.717) is 58.4 Å². The molecular formula is C26H41N3O6. The molecule has 0 saturated heterocycles. The quantitative estimate of drug-likeness (QED) is 0.339. The zero-order chi connectivity index (χ0) is 25.9. The van der Waals surface area contributed by atoms with Crippen molar-refractivity contribution in [2.45, 2.75) is 40.7 Å². The molecule has 196 valence electrons. The first-order valence-electron chi connectivity index (χ1n) is 12.2. The van der Waals surface area contributed by atoms with Crippen molar-refractivity contribution in [3.8, 4) is 0 Å². The Kier molecular flexibility index (Phi) is 16.3. The number of ether oxygens (including phenoxy) is 4. The molecule has 9 nitrogen and oxygen atoms in total. The molecule has 1 atom stereocenters. The number of Topliss-reactive ketones (excluding diaryl/α,β-unsaturated/α-hetero) is 1. The minimum absolute atomic E-state index is 0.00131. The molecule has 1 heterocycles. The van der Waals surface area contributed by atoms with E-state index < -0.39 is 0 Å². The van der Waals surface area contributed by atoms with Crippen LogP contribution in [0.3, 0.4) is 0 Å². The van der Waals surface area contributed by atoms with Crippen LogP contribution in [0.2, 0.25) is 0 Å². The third-order valence-corrected chi connectivity index (χ3v) is 4.74. The fraction of sp³-hybridized carbons (Fsp3) is 0.577. The molecule has 2 aromatic rings. The first kappa shape index (κ1) is 30.4. The van der Waals surface area contributed by atoms with Crippen LogP contribution in [0, 0.1) is 6.92 Å². The third-order valence-electron chi connectivity index (χ3n) is 4.74. The van der Waals surface area contributed by atoms with E-state index in [9.17, 15) is 9.59 Å². The Hall–Kier alpha value is -2.59. The van der Waals surface area contributed by atoms with E-state index in [1.54, 1.807) is 0 Å². The van der Waals surface area contributed by atoms with Crippen LogP contribution >= 0.6 is 0 Å². The van der Waals surface area contributed by atoms with Gasteiger partial charge in [0.15, 0.2) is 5.78 Å². The van der Waals surface area contributed by atoms with E-state index in [1.807, 2.05) is 62.1 Å². The van der Waals surface area contributed by atoms with Crippen LogP contribution in [0.25, 0.3) is 0 Å². The lowest BCUT2D eigenvalue weighted by Gasteiger charge is -2.13. The number of aryl methyl sites for hydroxylation is 1. The van der Waals surface area contributed by atoms with Gasteiger partial charge in [-0.05, 0) is 44.0 Å². The lowest BCUT2D eigenvalue weighted by atomic mass is 10.1. The van der Waals surface area contributed by atoms with Crippen LogP contribution in [0.5, 0.6) is 0 Å². The van der Waals surface area contributed by atoms with Gasteiger partial charge in [0.2, 0.25) is 0 Å². The van der Waals surface area contributed by atoms with Crippen molar-refractivity contribution < 1.29 is 28.5 Å². The maximum Gasteiger partial charge on any atom is 0.251 e. The first-order valence-corrected chi connectivity index (χ1v) is 12.2. The Bertz CT molecular complexity index is 838. The van der Waals surface area contributed by atoms with E-state index >= 15 is 0 Å². The number of hydrogen-bond acceptors (Lipinski definition) is 7. The van der Waals surface area contributed by atoms with Gasteiger partial charge >= 0.3 is 0 Å². The van der Waals surface area contributed by atoms with Gasteiger partial charge in [0.05, 0.1) is 58.5 Å². The van der Waals surface area contributed by atoms with E-state index in [1.165, 1.54) is 6.92 Å². The summed E-state index contributed by atoms with van der Waals surface area (Å²) in [4.78, 5) is 23.0. The highest BCUT2D eigenvalue weighted by Gasteiger charge is 2.10. The molecule has 9 heteroatoms. The van der Waals surface area contributed by atoms with Crippen LogP contribution in [-0.2, 0) is 23.7 Å². The minimum Gasteiger partial charge on any atom is -0.377 e. The van der Waals surface area contributed by atoms with E-state index in [0.717, 1.165) is 11.1 Å². The molecule has 1 amide bonds. The number of ketones is 1. The summed E-state index contributed by atoms with van der Waals surface area (Å²) in [5, 5.41) is 7.20. The van der Waals surface area contributed by atoms with Crippen LogP contribution in [0.15, 0.2) is 36.7 Å². The fourth-order valence-electron chi connectivity index (χ4n) is 2.93. The highest BCUT2D eigenvalue weighted by Crippen LogP contribution is 2.18. The highest BCUT2D eigenvalue weighted by atomic mass is 16.6. The molecule has 2 rings (SSSR count). The minimum atomic E-state index is -0.131. The maximum absolute atomic E-state index is 12.3. The van der Waals surface area contributed by atoms with Crippen LogP contribution in [0.4, 0.5) is 0 Å². The van der Waals surface area contributed by atoms with Gasteiger partial charge in [-0.3, -0.25) is 14.3 Å².